The Hall–Kier alpha value is -1.06. The maximum Gasteiger partial charge on any atom is 0.0923 e. The molecule has 14 heavy (non-hydrogen) atoms. The van der Waals surface area contributed by atoms with Crippen molar-refractivity contribution in [3.05, 3.63) is 30.0 Å². The minimum atomic E-state index is 0. The van der Waals surface area contributed by atoms with Crippen LogP contribution < -0.4 is 5.73 Å². The first-order valence-electron chi connectivity index (χ1n) is 4.42. The summed E-state index contributed by atoms with van der Waals surface area (Å²) in [4.78, 5) is 0. The van der Waals surface area contributed by atoms with Gasteiger partial charge in [0, 0.05) is 18.6 Å². The molecule has 3 nitrogen and oxygen atoms in total. The number of aryl methyl sites for hydroxylation is 1. The highest BCUT2D eigenvalue weighted by Crippen LogP contribution is 2.13. The number of hydrogen-bond acceptors (Lipinski definition) is 2. The second-order valence-electron chi connectivity index (χ2n) is 3.23. The van der Waals surface area contributed by atoms with Crippen LogP contribution in [-0.2, 0) is 13.5 Å². The summed E-state index contributed by atoms with van der Waals surface area (Å²) in [6.45, 7) is 0.700. The fourth-order valence-electron chi connectivity index (χ4n) is 1.52. The minimum absolute atomic E-state index is 0. The third kappa shape index (κ3) is 2.05. The van der Waals surface area contributed by atoms with Crippen molar-refractivity contribution in [2.75, 3.05) is 6.54 Å². The summed E-state index contributed by atoms with van der Waals surface area (Å²) >= 11 is 0. The van der Waals surface area contributed by atoms with Crippen molar-refractivity contribution >= 4 is 23.3 Å². The zero-order chi connectivity index (χ0) is 9.26. The van der Waals surface area contributed by atoms with Gasteiger partial charge in [0.25, 0.3) is 0 Å². The van der Waals surface area contributed by atoms with Crippen LogP contribution >= 0.6 is 12.4 Å². The molecule has 0 aliphatic carbocycles. The Balaban J connectivity index is 0.000000980. The Morgan fingerprint density at radius 3 is 2.93 bits per heavy atom. The third-order valence-corrected chi connectivity index (χ3v) is 2.12. The molecule has 2 N–H and O–H groups in total. The molecule has 0 amide bonds. The third-order valence-electron chi connectivity index (χ3n) is 2.12. The van der Waals surface area contributed by atoms with Crippen LogP contribution in [0.1, 0.15) is 5.56 Å². The maximum absolute atomic E-state index is 5.49. The molecule has 0 radical (unpaired) electrons. The zero-order valence-electron chi connectivity index (χ0n) is 8.10. The molecule has 0 aliphatic heterocycles. The molecule has 0 spiro atoms. The van der Waals surface area contributed by atoms with E-state index in [0.29, 0.717) is 6.54 Å². The zero-order valence-corrected chi connectivity index (χ0v) is 8.92. The van der Waals surface area contributed by atoms with Gasteiger partial charge in [0.15, 0.2) is 0 Å². The second kappa shape index (κ2) is 4.44. The van der Waals surface area contributed by atoms with E-state index in [1.54, 1.807) is 0 Å². The summed E-state index contributed by atoms with van der Waals surface area (Å²) in [6, 6.07) is 6.28. The monoisotopic (exact) mass is 211 g/mol. The number of benzene rings is 1. The number of hydrogen-bond donors (Lipinski definition) is 1. The predicted octanol–water partition coefficient (Wildman–Crippen LogP) is 1.50. The van der Waals surface area contributed by atoms with E-state index >= 15 is 0 Å². The molecule has 1 aromatic heterocycles. The van der Waals surface area contributed by atoms with Crippen molar-refractivity contribution in [2.24, 2.45) is 12.8 Å². The summed E-state index contributed by atoms with van der Waals surface area (Å²) in [6.07, 6.45) is 2.96. The SMILES string of the molecule is Cl.Cn1cc2cc(CCN)ccc2n1. The summed E-state index contributed by atoms with van der Waals surface area (Å²) in [5.41, 5.74) is 7.81. The van der Waals surface area contributed by atoms with E-state index in [-0.39, 0.29) is 12.4 Å². The van der Waals surface area contributed by atoms with Gasteiger partial charge in [-0.05, 0) is 30.7 Å². The topological polar surface area (TPSA) is 43.8 Å². The van der Waals surface area contributed by atoms with Gasteiger partial charge in [-0.3, -0.25) is 4.68 Å². The normalized spacial score (nSPS) is 10.1. The Bertz CT molecular complexity index is 422. The number of nitrogens with two attached hydrogens (primary N) is 1. The summed E-state index contributed by atoms with van der Waals surface area (Å²) < 4.78 is 1.83. The first-order valence-corrected chi connectivity index (χ1v) is 4.42. The van der Waals surface area contributed by atoms with Gasteiger partial charge >= 0.3 is 0 Å². The largest absolute Gasteiger partial charge is 0.330 e. The molecule has 1 heterocycles. The predicted molar refractivity (Wildman–Crippen MR) is 60.7 cm³/mol. The van der Waals surface area contributed by atoms with E-state index < -0.39 is 0 Å². The van der Waals surface area contributed by atoms with Crippen LogP contribution in [0.5, 0.6) is 0 Å². The van der Waals surface area contributed by atoms with Gasteiger partial charge in [-0.2, -0.15) is 5.10 Å². The summed E-state index contributed by atoms with van der Waals surface area (Å²) in [5, 5.41) is 5.49. The number of halogens is 1. The molecule has 0 aliphatic rings. The second-order valence-corrected chi connectivity index (χ2v) is 3.23. The van der Waals surface area contributed by atoms with Crippen LogP contribution in [0.4, 0.5) is 0 Å². The fourth-order valence-corrected chi connectivity index (χ4v) is 1.52. The lowest BCUT2D eigenvalue weighted by molar-refractivity contribution is 0.780. The van der Waals surface area contributed by atoms with E-state index in [9.17, 15) is 0 Å². The van der Waals surface area contributed by atoms with E-state index in [4.69, 9.17) is 5.73 Å². The van der Waals surface area contributed by atoms with E-state index in [0.717, 1.165) is 11.9 Å². The van der Waals surface area contributed by atoms with Gasteiger partial charge in [-0.25, -0.2) is 0 Å². The number of fused-ring (bicyclic) bond motifs is 1. The Kier molecular flexibility index (Phi) is 3.49. The highest BCUT2D eigenvalue weighted by Gasteiger charge is 1.98. The smallest absolute Gasteiger partial charge is 0.0923 e. The molecular formula is C10H14ClN3. The van der Waals surface area contributed by atoms with Crippen molar-refractivity contribution in [1.82, 2.24) is 9.78 Å². The van der Waals surface area contributed by atoms with Crippen LogP contribution in [0.15, 0.2) is 24.4 Å². The molecule has 0 atom stereocenters. The average Bonchev–Trinajstić information content (AvgIpc) is 2.44. The molecule has 4 heteroatoms. The Morgan fingerprint density at radius 1 is 1.43 bits per heavy atom. The van der Waals surface area contributed by atoms with Crippen LogP contribution in [0.3, 0.4) is 0 Å². The lowest BCUT2D eigenvalue weighted by Gasteiger charge is -1.96. The van der Waals surface area contributed by atoms with Crippen molar-refractivity contribution < 1.29 is 0 Å². The average molecular weight is 212 g/mol. The Labute approximate surface area is 89.3 Å². The standard InChI is InChI=1S/C10H13N3.ClH/c1-13-7-9-6-8(4-5-11)2-3-10(9)12-13;/h2-3,6-7H,4-5,11H2,1H3;1H. The minimum Gasteiger partial charge on any atom is -0.330 e. The van der Waals surface area contributed by atoms with Gasteiger partial charge in [-0.1, -0.05) is 6.07 Å². The van der Waals surface area contributed by atoms with Gasteiger partial charge < -0.3 is 5.73 Å². The van der Waals surface area contributed by atoms with Gasteiger partial charge in [0.2, 0.25) is 0 Å². The molecule has 0 saturated heterocycles. The highest BCUT2D eigenvalue weighted by atomic mass is 35.5. The van der Waals surface area contributed by atoms with Crippen molar-refractivity contribution in [2.45, 2.75) is 6.42 Å². The highest BCUT2D eigenvalue weighted by molar-refractivity contribution is 5.85. The van der Waals surface area contributed by atoms with Crippen molar-refractivity contribution in [3.63, 3.8) is 0 Å². The van der Waals surface area contributed by atoms with Gasteiger partial charge in [-0.15, -0.1) is 12.4 Å². The quantitative estimate of drug-likeness (QED) is 0.818. The maximum atomic E-state index is 5.49. The molecule has 1 aromatic carbocycles. The van der Waals surface area contributed by atoms with Gasteiger partial charge in [0.1, 0.15) is 0 Å². The molecular weight excluding hydrogens is 198 g/mol. The molecule has 0 fully saturated rings. The van der Waals surface area contributed by atoms with Crippen LogP contribution in [-0.4, -0.2) is 16.3 Å². The van der Waals surface area contributed by atoms with E-state index in [1.165, 1.54) is 10.9 Å². The molecule has 2 rings (SSSR count). The fraction of sp³-hybridized carbons (Fsp3) is 0.300. The lowest BCUT2D eigenvalue weighted by Crippen LogP contribution is -2.02. The number of rotatable bonds is 2. The van der Waals surface area contributed by atoms with E-state index in [1.807, 2.05) is 24.0 Å². The van der Waals surface area contributed by atoms with Crippen LogP contribution in [0, 0.1) is 0 Å². The molecule has 0 bridgehead atoms. The van der Waals surface area contributed by atoms with Crippen molar-refractivity contribution in [3.8, 4) is 0 Å². The lowest BCUT2D eigenvalue weighted by atomic mass is 10.1. The number of nitrogens with zero attached hydrogens (tertiary/aromatic N) is 2. The molecule has 0 saturated carbocycles. The first kappa shape index (κ1) is 11.0. The Morgan fingerprint density at radius 2 is 2.21 bits per heavy atom. The molecule has 0 unspecified atom stereocenters. The van der Waals surface area contributed by atoms with Crippen LogP contribution in [0.2, 0.25) is 0 Å². The van der Waals surface area contributed by atoms with Crippen molar-refractivity contribution in [1.29, 1.82) is 0 Å². The first-order chi connectivity index (χ1) is 6.29. The number of aromatic nitrogens is 2. The summed E-state index contributed by atoms with van der Waals surface area (Å²) in [5.74, 6) is 0. The summed E-state index contributed by atoms with van der Waals surface area (Å²) in [7, 11) is 1.93. The molecule has 2 aromatic rings. The van der Waals surface area contributed by atoms with Crippen LogP contribution in [0.25, 0.3) is 10.9 Å². The molecule has 76 valence electrons. The van der Waals surface area contributed by atoms with E-state index in [2.05, 4.69) is 17.2 Å². The van der Waals surface area contributed by atoms with Gasteiger partial charge in [0.05, 0.1) is 5.52 Å².